The Morgan fingerprint density at radius 3 is 1.43 bits per heavy atom. The fourth-order valence-electron chi connectivity index (χ4n) is 1.62. The van der Waals surface area contributed by atoms with Crippen molar-refractivity contribution in [1.82, 2.24) is 0 Å². The van der Waals surface area contributed by atoms with E-state index in [2.05, 4.69) is 63.4 Å². The van der Waals surface area contributed by atoms with Crippen LogP contribution in [0.25, 0.3) is 10.8 Å². The molecule has 0 unspecified atom stereocenters. The van der Waals surface area contributed by atoms with Crippen LogP contribution in [0.5, 0.6) is 0 Å². The van der Waals surface area contributed by atoms with Crippen LogP contribution in [0.4, 0.5) is 0 Å². The molecule has 2 rings (SSSR count). The Hall–Kier alpha value is -1.56. The zero-order valence-corrected chi connectivity index (χ0v) is 8.88. The van der Waals surface area contributed by atoms with Gasteiger partial charge in [0, 0.05) is 0 Å². The second-order valence-electron chi connectivity index (χ2n) is 3.24. The molecule has 0 fully saturated rings. The van der Waals surface area contributed by atoms with Crippen molar-refractivity contribution < 1.29 is 0 Å². The Morgan fingerprint density at radius 2 is 1.07 bits per heavy atom. The standard InChI is InChI=1S/C12H12.C2H4/c1-9-5-3-8-12-10(2)6-4-7-11(9)12;1-2/h3-8H,1-2H3;1-2H2. The predicted octanol–water partition coefficient (Wildman–Crippen LogP) is 4.26. The van der Waals surface area contributed by atoms with E-state index < -0.39 is 0 Å². The van der Waals surface area contributed by atoms with Crippen LogP contribution in [-0.2, 0) is 0 Å². The van der Waals surface area contributed by atoms with E-state index in [0.29, 0.717) is 0 Å². The molecule has 2 aromatic rings. The third-order valence-corrected chi connectivity index (χ3v) is 2.36. The number of hydrogen-bond acceptors (Lipinski definition) is 0. The van der Waals surface area contributed by atoms with Crippen LogP contribution in [0.1, 0.15) is 11.1 Å². The highest BCUT2D eigenvalue weighted by Crippen LogP contribution is 2.20. The summed E-state index contributed by atoms with van der Waals surface area (Å²) in [6, 6.07) is 12.9. The average Bonchev–Trinajstić information content (AvgIpc) is 2.23. The summed E-state index contributed by atoms with van der Waals surface area (Å²) in [7, 11) is 0. The largest absolute Gasteiger partial charge is 0.106 e. The summed E-state index contributed by atoms with van der Waals surface area (Å²) in [6.45, 7) is 10.3. The van der Waals surface area contributed by atoms with Crippen LogP contribution >= 0.6 is 0 Å². The highest BCUT2D eigenvalue weighted by Gasteiger charge is 1.96. The van der Waals surface area contributed by atoms with Crippen molar-refractivity contribution in [3.8, 4) is 0 Å². The molecule has 0 heterocycles. The van der Waals surface area contributed by atoms with Crippen LogP contribution in [0, 0.1) is 13.8 Å². The first-order chi connectivity index (χ1) is 6.79. The van der Waals surface area contributed by atoms with Crippen molar-refractivity contribution in [2.45, 2.75) is 13.8 Å². The maximum atomic E-state index is 3.00. The smallest absolute Gasteiger partial charge is 0.0152 e. The lowest BCUT2D eigenvalue weighted by atomic mass is 10.0. The van der Waals surface area contributed by atoms with E-state index >= 15 is 0 Å². The topological polar surface area (TPSA) is 0 Å². The lowest BCUT2D eigenvalue weighted by Gasteiger charge is -2.03. The van der Waals surface area contributed by atoms with E-state index in [9.17, 15) is 0 Å². The summed E-state index contributed by atoms with van der Waals surface area (Å²) >= 11 is 0. The van der Waals surface area contributed by atoms with Crippen molar-refractivity contribution in [3.05, 3.63) is 60.7 Å². The maximum absolute atomic E-state index is 3.00. The fourth-order valence-corrected chi connectivity index (χ4v) is 1.62. The molecule has 0 saturated carbocycles. The Kier molecular flexibility index (Phi) is 3.47. The third-order valence-electron chi connectivity index (χ3n) is 2.36. The first-order valence-corrected chi connectivity index (χ1v) is 4.74. The van der Waals surface area contributed by atoms with Crippen LogP contribution in [0.3, 0.4) is 0 Å². The van der Waals surface area contributed by atoms with Gasteiger partial charge in [-0.3, -0.25) is 0 Å². The molecular weight excluding hydrogens is 168 g/mol. The van der Waals surface area contributed by atoms with Gasteiger partial charge in [-0.1, -0.05) is 36.4 Å². The van der Waals surface area contributed by atoms with Gasteiger partial charge in [0.15, 0.2) is 0 Å². The van der Waals surface area contributed by atoms with E-state index in [4.69, 9.17) is 0 Å². The van der Waals surface area contributed by atoms with Gasteiger partial charge < -0.3 is 0 Å². The predicted molar refractivity (Wildman–Crippen MR) is 64.7 cm³/mol. The molecule has 0 N–H and O–H groups in total. The van der Waals surface area contributed by atoms with Gasteiger partial charge in [-0.25, -0.2) is 0 Å². The number of aryl methyl sites for hydroxylation is 2. The van der Waals surface area contributed by atoms with Gasteiger partial charge >= 0.3 is 0 Å². The number of rotatable bonds is 0. The van der Waals surface area contributed by atoms with Gasteiger partial charge in [-0.2, -0.15) is 0 Å². The molecule has 72 valence electrons. The van der Waals surface area contributed by atoms with Crippen LogP contribution < -0.4 is 0 Å². The van der Waals surface area contributed by atoms with Crippen LogP contribution in [0.2, 0.25) is 0 Å². The molecule has 0 aromatic heterocycles. The van der Waals surface area contributed by atoms with Crippen LogP contribution in [-0.4, -0.2) is 0 Å². The molecule has 0 atom stereocenters. The highest BCUT2D eigenvalue weighted by atomic mass is 14.0. The molecule has 0 aliphatic rings. The second kappa shape index (κ2) is 4.61. The molecule has 0 aliphatic heterocycles. The van der Waals surface area contributed by atoms with E-state index in [1.165, 1.54) is 21.9 Å². The molecule has 2 aromatic carbocycles. The van der Waals surface area contributed by atoms with Gasteiger partial charge in [-0.15, -0.1) is 13.2 Å². The zero-order chi connectivity index (χ0) is 10.6. The fraction of sp³-hybridized carbons (Fsp3) is 0.143. The minimum absolute atomic E-state index is 1.36. The summed E-state index contributed by atoms with van der Waals surface area (Å²) in [5.41, 5.74) is 2.72. The number of benzene rings is 2. The summed E-state index contributed by atoms with van der Waals surface area (Å²) in [5, 5.41) is 2.75. The van der Waals surface area contributed by atoms with Gasteiger partial charge in [-0.05, 0) is 35.7 Å². The Labute approximate surface area is 85.9 Å². The molecule has 0 saturated heterocycles. The number of fused-ring (bicyclic) bond motifs is 1. The Morgan fingerprint density at radius 1 is 0.714 bits per heavy atom. The summed E-state index contributed by atoms with van der Waals surface area (Å²) < 4.78 is 0. The third kappa shape index (κ3) is 1.85. The monoisotopic (exact) mass is 184 g/mol. The molecular formula is C14H16. The van der Waals surface area contributed by atoms with Gasteiger partial charge in [0.2, 0.25) is 0 Å². The lowest BCUT2D eigenvalue weighted by Crippen LogP contribution is -1.80. The molecule has 0 heteroatoms. The van der Waals surface area contributed by atoms with E-state index in [1.807, 2.05) is 0 Å². The molecule has 0 radical (unpaired) electrons. The minimum Gasteiger partial charge on any atom is -0.106 e. The normalized spacial score (nSPS) is 9.29. The van der Waals surface area contributed by atoms with Gasteiger partial charge in [0.1, 0.15) is 0 Å². The highest BCUT2D eigenvalue weighted by molar-refractivity contribution is 5.88. The van der Waals surface area contributed by atoms with E-state index in [0.717, 1.165) is 0 Å². The first kappa shape index (κ1) is 10.5. The van der Waals surface area contributed by atoms with Crippen molar-refractivity contribution >= 4 is 10.8 Å². The summed E-state index contributed by atoms with van der Waals surface area (Å²) in [6.07, 6.45) is 0. The van der Waals surface area contributed by atoms with Crippen molar-refractivity contribution in [2.75, 3.05) is 0 Å². The van der Waals surface area contributed by atoms with E-state index in [-0.39, 0.29) is 0 Å². The van der Waals surface area contributed by atoms with Gasteiger partial charge in [0.25, 0.3) is 0 Å². The van der Waals surface area contributed by atoms with Crippen LogP contribution in [0.15, 0.2) is 49.6 Å². The molecule has 0 nitrogen and oxygen atoms in total. The average molecular weight is 184 g/mol. The zero-order valence-electron chi connectivity index (χ0n) is 8.88. The van der Waals surface area contributed by atoms with Gasteiger partial charge in [0.05, 0.1) is 0 Å². The van der Waals surface area contributed by atoms with Crippen molar-refractivity contribution in [3.63, 3.8) is 0 Å². The van der Waals surface area contributed by atoms with Crippen molar-refractivity contribution in [1.29, 1.82) is 0 Å². The lowest BCUT2D eigenvalue weighted by molar-refractivity contribution is 1.48. The molecule has 0 bridgehead atoms. The quantitative estimate of drug-likeness (QED) is 0.537. The molecule has 0 spiro atoms. The maximum Gasteiger partial charge on any atom is -0.0152 e. The second-order valence-corrected chi connectivity index (χ2v) is 3.24. The Balaban J connectivity index is 0.000000461. The number of hydrogen-bond donors (Lipinski definition) is 0. The summed E-state index contributed by atoms with van der Waals surface area (Å²) in [5.74, 6) is 0. The molecule has 0 amide bonds. The van der Waals surface area contributed by atoms with Crippen molar-refractivity contribution in [2.24, 2.45) is 0 Å². The molecule has 0 aliphatic carbocycles. The SMILES string of the molecule is C=C.Cc1cccc2c(C)cccc12. The first-order valence-electron chi connectivity index (χ1n) is 4.74. The van der Waals surface area contributed by atoms with E-state index in [1.54, 1.807) is 0 Å². The minimum atomic E-state index is 1.36. The Bertz CT molecular complexity index is 386. The summed E-state index contributed by atoms with van der Waals surface area (Å²) in [4.78, 5) is 0. The molecule has 14 heavy (non-hydrogen) atoms.